The van der Waals surface area contributed by atoms with Gasteiger partial charge >= 0.3 is 5.69 Å². The first-order valence-corrected chi connectivity index (χ1v) is 13.4. The summed E-state index contributed by atoms with van der Waals surface area (Å²) in [7, 11) is -2.67. The lowest BCUT2D eigenvalue weighted by Gasteiger charge is -2.15. The Morgan fingerprint density at radius 2 is 1.55 bits per heavy atom. The predicted octanol–water partition coefficient (Wildman–Crippen LogP) is 4.79. The van der Waals surface area contributed by atoms with Crippen LogP contribution in [0.5, 0.6) is 11.5 Å². The van der Waals surface area contributed by atoms with Crippen LogP contribution in [-0.2, 0) is 17.1 Å². The molecule has 6 aromatic rings. The number of nitrogens with one attached hydrogen (secondary N) is 2. The van der Waals surface area contributed by atoms with E-state index in [4.69, 9.17) is 4.74 Å². The number of aromatic amines is 2. The summed E-state index contributed by atoms with van der Waals surface area (Å²) in [4.78, 5) is 30.6. The second-order valence-corrected chi connectivity index (χ2v) is 11.1. The van der Waals surface area contributed by atoms with Crippen molar-refractivity contribution < 1.29 is 21.9 Å². The van der Waals surface area contributed by atoms with Gasteiger partial charge in [0.15, 0.2) is 11.6 Å². The number of aromatic nitrogens is 4. The van der Waals surface area contributed by atoms with Crippen molar-refractivity contribution >= 4 is 32.0 Å². The van der Waals surface area contributed by atoms with Crippen molar-refractivity contribution in [3.63, 3.8) is 0 Å². The minimum absolute atomic E-state index is 0.00480. The molecule has 3 aromatic carbocycles. The van der Waals surface area contributed by atoms with E-state index >= 15 is 0 Å². The van der Waals surface area contributed by atoms with Crippen LogP contribution in [0.2, 0.25) is 0 Å². The minimum atomic E-state index is -4.14. The summed E-state index contributed by atoms with van der Waals surface area (Å²) in [6, 6.07) is 13.6. The van der Waals surface area contributed by atoms with Crippen LogP contribution in [0.4, 0.5) is 8.78 Å². The van der Waals surface area contributed by atoms with E-state index in [1.54, 1.807) is 18.2 Å². The van der Waals surface area contributed by atoms with Gasteiger partial charge in [-0.3, -0.25) is 4.79 Å². The molecule has 0 atom stereocenters. The molecule has 0 aliphatic heterocycles. The molecule has 6 rings (SSSR count). The maximum absolute atomic E-state index is 14.5. The summed E-state index contributed by atoms with van der Waals surface area (Å²) in [5.41, 5.74) is 1.14. The molecule has 12 heteroatoms. The van der Waals surface area contributed by atoms with Gasteiger partial charge in [0.1, 0.15) is 17.1 Å². The molecule has 0 fully saturated rings. The Bertz CT molecular complexity index is 2190. The fourth-order valence-corrected chi connectivity index (χ4v) is 5.95. The van der Waals surface area contributed by atoms with E-state index in [9.17, 15) is 26.8 Å². The average Bonchev–Trinajstić information content (AvgIpc) is 3.51. The van der Waals surface area contributed by atoms with Gasteiger partial charge < -0.3 is 19.3 Å². The summed E-state index contributed by atoms with van der Waals surface area (Å²) in [5.74, 6) is -1.94. The Kier molecular flexibility index (Phi) is 5.73. The van der Waals surface area contributed by atoms with Crippen LogP contribution in [0.15, 0.2) is 87.5 Å². The number of halogens is 2. The van der Waals surface area contributed by atoms with Crippen molar-refractivity contribution in [2.75, 3.05) is 0 Å². The van der Waals surface area contributed by atoms with Gasteiger partial charge in [0.25, 0.3) is 15.6 Å². The van der Waals surface area contributed by atoms with Gasteiger partial charge in [0, 0.05) is 48.1 Å². The Labute approximate surface area is 225 Å². The first-order chi connectivity index (χ1) is 19.0. The molecule has 0 saturated carbocycles. The molecule has 0 aliphatic carbocycles. The average molecular weight is 563 g/mol. The number of nitrogens with zero attached hydrogens (tertiary/aromatic N) is 2. The van der Waals surface area contributed by atoms with E-state index in [0.29, 0.717) is 28.2 Å². The minimum Gasteiger partial charge on any atom is -0.454 e. The zero-order chi connectivity index (χ0) is 28.3. The smallest absolute Gasteiger partial charge is 0.323 e. The standard InChI is InChI=1S/C28H20F2N4O5S/c1-15-3-6-17(7-4-15)40(37,38)34-10-9-18-20(14-33(2)27(35)26(18)34)19-12-22-23(32-28(36)31-22)13-25(19)39-24-8-5-16(29)11-21(24)30/h3-14H,1-2H3,(H2,31,32,36). The normalized spacial score (nSPS) is 11.9. The van der Waals surface area contributed by atoms with Crippen molar-refractivity contribution in [3.8, 4) is 22.6 Å². The highest BCUT2D eigenvalue weighted by molar-refractivity contribution is 7.90. The van der Waals surface area contributed by atoms with Crippen molar-refractivity contribution in [1.82, 2.24) is 18.5 Å². The van der Waals surface area contributed by atoms with Crippen LogP contribution in [0.3, 0.4) is 0 Å². The molecular formula is C28H20F2N4O5S. The van der Waals surface area contributed by atoms with Crippen molar-refractivity contribution in [2.24, 2.45) is 7.05 Å². The molecule has 0 radical (unpaired) electrons. The summed E-state index contributed by atoms with van der Waals surface area (Å²) in [6.45, 7) is 1.83. The molecule has 0 spiro atoms. The van der Waals surface area contributed by atoms with E-state index in [2.05, 4.69) is 9.97 Å². The molecule has 202 valence electrons. The highest BCUT2D eigenvalue weighted by Crippen LogP contribution is 2.39. The van der Waals surface area contributed by atoms with Crippen molar-refractivity contribution in [3.05, 3.63) is 111 Å². The molecule has 3 heterocycles. The quantitative estimate of drug-likeness (QED) is 0.313. The molecule has 9 nitrogen and oxygen atoms in total. The maximum Gasteiger partial charge on any atom is 0.323 e. The molecule has 0 aliphatic rings. The molecule has 0 saturated heterocycles. The Hall–Kier alpha value is -4.97. The van der Waals surface area contributed by atoms with Gasteiger partial charge in [0.2, 0.25) is 0 Å². The lowest BCUT2D eigenvalue weighted by molar-refractivity contribution is 0.439. The van der Waals surface area contributed by atoms with Gasteiger partial charge in [-0.15, -0.1) is 0 Å². The lowest BCUT2D eigenvalue weighted by Crippen LogP contribution is -2.22. The van der Waals surface area contributed by atoms with Crippen molar-refractivity contribution in [1.29, 1.82) is 0 Å². The molecular weight excluding hydrogens is 542 g/mol. The van der Waals surface area contributed by atoms with E-state index in [0.717, 1.165) is 21.7 Å². The van der Waals surface area contributed by atoms with Crippen LogP contribution in [0.1, 0.15) is 5.56 Å². The zero-order valence-electron chi connectivity index (χ0n) is 21.0. The van der Waals surface area contributed by atoms with Crippen LogP contribution in [0.25, 0.3) is 33.1 Å². The van der Waals surface area contributed by atoms with E-state index in [-0.39, 0.29) is 27.3 Å². The van der Waals surface area contributed by atoms with E-state index in [1.165, 1.54) is 48.3 Å². The monoisotopic (exact) mass is 562 g/mol. The maximum atomic E-state index is 14.5. The van der Waals surface area contributed by atoms with Gasteiger partial charge in [0.05, 0.1) is 15.9 Å². The second kappa shape index (κ2) is 9.06. The number of fused-ring (bicyclic) bond motifs is 2. The van der Waals surface area contributed by atoms with Gasteiger partial charge in [-0.1, -0.05) is 17.7 Å². The van der Waals surface area contributed by atoms with Crippen LogP contribution >= 0.6 is 0 Å². The summed E-state index contributed by atoms with van der Waals surface area (Å²) >= 11 is 0. The highest BCUT2D eigenvalue weighted by atomic mass is 32.2. The predicted molar refractivity (Wildman–Crippen MR) is 145 cm³/mol. The van der Waals surface area contributed by atoms with E-state index in [1.807, 2.05) is 6.92 Å². The number of benzene rings is 3. The molecule has 40 heavy (non-hydrogen) atoms. The van der Waals surface area contributed by atoms with Crippen LogP contribution < -0.4 is 16.0 Å². The molecule has 0 amide bonds. The molecule has 0 unspecified atom stereocenters. The fraction of sp³-hybridized carbons (Fsp3) is 0.0714. The second-order valence-electron chi connectivity index (χ2n) is 9.30. The lowest BCUT2D eigenvalue weighted by atomic mass is 10.0. The summed E-state index contributed by atoms with van der Waals surface area (Å²) < 4.78 is 63.2. The fourth-order valence-electron chi connectivity index (χ4n) is 4.60. The number of hydrogen-bond donors (Lipinski definition) is 2. The first kappa shape index (κ1) is 25.3. The SMILES string of the molecule is Cc1ccc(S(=O)(=O)n2ccc3c(-c4cc5[nH]c(=O)[nH]c5cc4Oc4ccc(F)cc4F)cn(C)c(=O)c32)cc1. The molecule has 0 bridgehead atoms. The molecule has 3 aromatic heterocycles. The Morgan fingerprint density at radius 1 is 0.850 bits per heavy atom. The van der Waals surface area contributed by atoms with Crippen LogP contribution in [-0.4, -0.2) is 26.9 Å². The first-order valence-electron chi connectivity index (χ1n) is 12.0. The Morgan fingerprint density at radius 3 is 2.25 bits per heavy atom. The number of pyridine rings is 1. The number of hydrogen-bond acceptors (Lipinski definition) is 5. The number of imidazole rings is 1. The topological polar surface area (TPSA) is 119 Å². The highest BCUT2D eigenvalue weighted by Gasteiger charge is 2.24. The van der Waals surface area contributed by atoms with Gasteiger partial charge in [-0.2, -0.15) is 0 Å². The largest absolute Gasteiger partial charge is 0.454 e. The summed E-state index contributed by atoms with van der Waals surface area (Å²) in [6.07, 6.45) is 2.79. The van der Waals surface area contributed by atoms with E-state index < -0.39 is 32.9 Å². The number of ether oxygens (including phenoxy) is 1. The third kappa shape index (κ3) is 4.09. The van der Waals surface area contributed by atoms with Gasteiger partial charge in [-0.25, -0.2) is 26.0 Å². The number of aryl methyl sites for hydroxylation is 2. The van der Waals surface area contributed by atoms with Crippen molar-refractivity contribution in [2.45, 2.75) is 11.8 Å². The third-order valence-corrected chi connectivity index (χ3v) is 8.28. The summed E-state index contributed by atoms with van der Waals surface area (Å²) in [5, 5.41) is 0.278. The van der Waals surface area contributed by atoms with Gasteiger partial charge in [-0.05, 0) is 43.3 Å². The third-order valence-electron chi connectivity index (χ3n) is 6.59. The number of H-pyrrole nitrogens is 2. The Balaban J connectivity index is 1.62. The number of rotatable bonds is 5. The molecule has 2 N–H and O–H groups in total. The van der Waals surface area contributed by atoms with Crippen LogP contribution in [0, 0.1) is 18.6 Å². The zero-order valence-corrected chi connectivity index (χ0v) is 21.8.